The topological polar surface area (TPSA) is 88.6 Å². The molecule has 2 heterocycles. The van der Waals surface area contributed by atoms with Crippen molar-refractivity contribution in [1.29, 1.82) is 0 Å². The first-order valence-corrected chi connectivity index (χ1v) is 11.2. The first kappa shape index (κ1) is 23.9. The zero-order valence-electron chi connectivity index (χ0n) is 18.8. The number of nitrogens with zero attached hydrogens (tertiary/aromatic N) is 3. The number of halogens is 2. The standard InChI is InChI=1S/C24H25ClFN5O3/c1-31(2)10-3-4-22(32)29-24-28-21-13-16(34-17-9-11-33-14-17)6-7-18(21)23(30-24)27-15-5-8-20(26)19(25)12-15/h3-8,12-13,17H,9-11,14H2,1-2H3,(H2,27,28,29,30,32)/t17-/m0/s1. The summed E-state index contributed by atoms with van der Waals surface area (Å²) in [5.74, 6) is 0.308. The van der Waals surface area contributed by atoms with Crippen LogP contribution in [0.5, 0.6) is 5.75 Å². The van der Waals surface area contributed by atoms with Crippen molar-refractivity contribution in [3.05, 3.63) is 59.4 Å². The van der Waals surface area contributed by atoms with Gasteiger partial charge in [-0.05, 0) is 44.4 Å². The minimum absolute atomic E-state index is 0.0146. The Labute approximate surface area is 201 Å². The van der Waals surface area contributed by atoms with Gasteiger partial charge in [0.05, 0.1) is 23.8 Å². The van der Waals surface area contributed by atoms with Gasteiger partial charge in [0.2, 0.25) is 11.9 Å². The Hall–Kier alpha value is -3.27. The number of carbonyl (C=O) groups excluding carboxylic acids is 1. The van der Waals surface area contributed by atoms with Crippen molar-refractivity contribution in [3.8, 4) is 5.75 Å². The Kier molecular flexibility index (Phi) is 7.56. The largest absolute Gasteiger partial charge is 0.488 e. The van der Waals surface area contributed by atoms with Gasteiger partial charge in [0.15, 0.2) is 0 Å². The van der Waals surface area contributed by atoms with Crippen LogP contribution < -0.4 is 15.4 Å². The maximum atomic E-state index is 13.6. The van der Waals surface area contributed by atoms with Crippen LogP contribution in [-0.4, -0.2) is 60.7 Å². The molecule has 2 N–H and O–H groups in total. The van der Waals surface area contributed by atoms with Gasteiger partial charge in [-0.15, -0.1) is 0 Å². The fraction of sp³-hybridized carbons (Fsp3) is 0.292. The molecule has 1 saturated heterocycles. The molecule has 3 aromatic rings. The van der Waals surface area contributed by atoms with E-state index in [1.54, 1.807) is 18.2 Å². The van der Waals surface area contributed by atoms with Crippen molar-refractivity contribution in [2.75, 3.05) is 44.5 Å². The molecule has 1 aliphatic rings. The fourth-order valence-corrected chi connectivity index (χ4v) is 3.55. The highest BCUT2D eigenvalue weighted by Gasteiger charge is 2.18. The highest BCUT2D eigenvalue weighted by molar-refractivity contribution is 6.31. The van der Waals surface area contributed by atoms with Gasteiger partial charge in [-0.1, -0.05) is 17.7 Å². The van der Waals surface area contributed by atoms with E-state index in [2.05, 4.69) is 20.6 Å². The van der Waals surface area contributed by atoms with Crippen LogP contribution in [0, 0.1) is 5.82 Å². The highest BCUT2D eigenvalue weighted by atomic mass is 35.5. The van der Waals surface area contributed by atoms with Crippen molar-refractivity contribution in [2.24, 2.45) is 0 Å². The van der Waals surface area contributed by atoms with Crippen molar-refractivity contribution >= 4 is 45.9 Å². The molecule has 1 amide bonds. The van der Waals surface area contributed by atoms with E-state index in [1.165, 1.54) is 18.2 Å². The third-order valence-electron chi connectivity index (χ3n) is 5.02. The lowest BCUT2D eigenvalue weighted by Gasteiger charge is -2.14. The molecular formula is C24H25ClFN5O3. The lowest BCUT2D eigenvalue weighted by molar-refractivity contribution is -0.112. The fourth-order valence-electron chi connectivity index (χ4n) is 3.37. The molecule has 34 heavy (non-hydrogen) atoms. The van der Waals surface area contributed by atoms with E-state index in [0.717, 1.165) is 6.42 Å². The number of hydrogen-bond acceptors (Lipinski definition) is 7. The predicted molar refractivity (Wildman–Crippen MR) is 130 cm³/mol. The van der Waals surface area contributed by atoms with Crippen LogP contribution >= 0.6 is 11.6 Å². The van der Waals surface area contributed by atoms with Crippen molar-refractivity contribution in [1.82, 2.24) is 14.9 Å². The summed E-state index contributed by atoms with van der Waals surface area (Å²) < 4.78 is 25.0. The molecule has 0 unspecified atom stereocenters. The van der Waals surface area contributed by atoms with Gasteiger partial charge in [-0.3, -0.25) is 10.1 Å². The van der Waals surface area contributed by atoms with Crippen LogP contribution in [0.4, 0.5) is 21.8 Å². The van der Waals surface area contributed by atoms with Gasteiger partial charge >= 0.3 is 0 Å². The number of anilines is 3. The number of fused-ring (bicyclic) bond motifs is 1. The van der Waals surface area contributed by atoms with E-state index in [1.807, 2.05) is 31.1 Å². The first-order valence-electron chi connectivity index (χ1n) is 10.8. The summed E-state index contributed by atoms with van der Waals surface area (Å²) in [6, 6.07) is 9.73. The van der Waals surface area contributed by atoms with Crippen LogP contribution in [0.1, 0.15) is 6.42 Å². The Bertz CT molecular complexity index is 1210. The maximum Gasteiger partial charge on any atom is 0.250 e. The molecule has 178 valence electrons. The Morgan fingerprint density at radius 1 is 1.29 bits per heavy atom. The summed E-state index contributed by atoms with van der Waals surface area (Å²) in [5.41, 5.74) is 1.10. The van der Waals surface area contributed by atoms with Gasteiger partial charge < -0.3 is 19.7 Å². The van der Waals surface area contributed by atoms with Crippen molar-refractivity contribution < 1.29 is 18.7 Å². The Morgan fingerprint density at radius 2 is 2.15 bits per heavy atom. The SMILES string of the molecule is CN(C)CC=CC(=O)Nc1nc(Nc2ccc(F)c(Cl)c2)c2ccc(O[C@H]3CCOC3)cc2n1. The van der Waals surface area contributed by atoms with Crippen LogP contribution in [-0.2, 0) is 9.53 Å². The molecule has 1 aliphatic heterocycles. The second kappa shape index (κ2) is 10.8. The lowest BCUT2D eigenvalue weighted by atomic mass is 10.2. The quantitative estimate of drug-likeness (QED) is 0.457. The minimum Gasteiger partial charge on any atom is -0.488 e. The van der Waals surface area contributed by atoms with E-state index in [4.69, 9.17) is 21.1 Å². The minimum atomic E-state index is -0.519. The summed E-state index contributed by atoms with van der Waals surface area (Å²) in [5, 5.41) is 6.51. The van der Waals surface area contributed by atoms with Crippen LogP contribution in [0.15, 0.2) is 48.6 Å². The number of amides is 1. The van der Waals surface area contributed by atoms with E-state index < -0.39 is 5.82 Å². The molecule has 0 bridgehead atoms. The van der Waals surface area contributed by atoms with Crippen molar-refractivity contribution in [2.45, 2.75) is 12.5 Å². The van der Waals surface area contributed by atoms with E-state index in [-0.39, 0.29) is 23.0 Å². The zero-order chi connectivity index (χ0) is 24.1. The molecule has 1 fully saturated rings. The molecule has 0 saturated carbocycles. The number of hydrogen-bond donors (Lipinski definition) is 2. The van der Waals surface area contributed by atoms with Gasteiger partial charge in [0, 0.05) is 36.2 Å². The van der Waals surface area contributed by atoms with Gasteiger partial charge in [-0.25, -0.2) is 9.37 Å². The number of rotatable bonds is 8. The van der Waals surface area contributed by atoms with Crippen LogP contribution in [0.3, 0.4) is 0 Å². The number of ether oxygens (including phenoxy) is 2. The summed E-state index contributed by atoms with van der Waals surface area (Å²) in [6.07, 6.45) is 3.98. The maximum absolute atomic E-state index is 13.6. The lowest BCUT2D eigenvalue weighted by Crippen LogP contribution is -2.16. The van der Waals surface area contributed by atoms with E-state index in [0.29, 0.717) is 47.9 Å². The number of carbonyl (C=O) groups is 1. The molecule has 4 rings (SSSR count). The number of likely N-dealkylation sites (N-methyl/N-ethyl adjacent to an activating group) is 1. The zero-order valence-corrected chi connectivity index (χ0v) is 19.6. The summed E-state index contributed by atoms with van der Waals surface area (Å²) in [7, 11) is 3.82. The third-order valence-corrected chi connectivity index (χ3v) is 5.31. The highest BCUT2D eigenvalue weighted by Crippen LogP contribution is 2.30. The monoisotopic (exact) mass is 485 g/mol. The second-order valence-electron chi connectivity index (χ2n) is 8.09. The normalized spacial score (nSPS) is 15.9. The van der Waals surface area contributed by atoms with Gasteiger partial charge in [0.1, 0.15) is 23.5 Å². The third kappa shape index (κ3) is 6.19. The Morgan fingerprint density at radius 3 is 2.88 bits per heavy atom. The molecule has 2 aromatic carbocycles. The number of aromatic nitrogens is 2. The average Bonchev–Trinajstić information content (AvgIpc) is 3.29. The molecule has 0 radical (unpaired) electrons. The molecule has 0 aliphatic carbocycles. The van der Waals surface area contributed by atoms with Crippen LogP contribution in [0.25, 0.3) is 10.9 Å². The molecular weight excluding hydrogens is 461 g/mol. The number of nitrogens with one attached hydrogen (secondary N) is 2. The molecule has 8 nitrogen and oxygen atoms in total. The first-order chi connectivity index (χ1) is 16.4. The summed E-state index contributed by atoms with van der Waals surface area (Å²) in [6.45, 7) is 1.84. The van der Waals surface area contributed by atoms with E-state index in [9.17, 15) is 9.18 Å². The second-order valence-corrected chi connectivity index (χ2v) is 8.49. The summed E-state index contributed by atoms with van der Waals surface area (Å²) in [4.78, 5) is 23.3. The molecule has 10 heteroatoms. The van der Waals surface area contributed by atoms with Crippen molar-refractivity contribution in [3.63, 3.8) is 0 Å². The van der Waals surface area contributed by atoms with Gasteiger partial charge in [-0.2, -0.15) is 4.98 Å². The van der Waals surface area contributed by atoms with Crippen LogP contribution in [0.2, 0.25) is 5.02 Å². The molecule has 1 atom stereocenters. The summed E-state index contributed by atoms with van der Waals surface area (Å²) >= 11 is 5.93. The van der Waals surface area contributed by atoms with E-state index >= 15 is 0 Å². The molecule has 1 aromatic heterocycles. The van der Waals surface area contributed by atoms with Gasteiger partial charge in [0.25, 0.3) is 0 Å². The predicted octanol–water partition coefficient (Wildman–Crippen LogP) is 4.39. The Balaban J connectivity index is 1.65. The molecule has 0 spiro atoms. The average molecular weight is 486 g/mol. The number of benzene rings is 2. The smallest absolute Gasteiger partial charge is 0.250 e.